The molecule has 1 atom stereocenters. The number of nitrogens with zero attached hydrogens (tertiary/aromatic N) is 7. The summed E-state index contributed by atoms with van der Waals surface area (Å²) in [6, 6.07) is 5.12. The number of hydrogen-bond acceptors (Lipinski definition) is 8. The fourth-order valence-electron chi connectivity index (χ4n) is 6.46. The summed E-state index contributed by atoms with van der Waals surface area (Å²) in [5.74, 6) is 3.09. The van der Waals surface area contributed by atoms with E-state index in [0.29, 0.717) is 34.9 Å². The number of fused-ring (bicyclic) bond motifs is 1. The molecule has 3 aromatic rings. The lowest BCUT2D eigenvalue weighted by Gasteiger charge is -2.41. The molecule has 0 unspecified atom stereocenters. The zero-order chi connectivity index (χ0) is 26.2. The molecule has 3 saturated heterocycles. The Morgan fingerprint density at radius 3 is 2.47 bits per heavy atom. The van der Waals surface area contributed by atoms with Crippen LogP contribution in [-0.4, -0.2) is 87.0 Å². The number of nitrogen functional groups attached to an aromatic ring is 1. The molecule has 10 nitrogen and oxygen atoms in total. The maximum Gasteiger partial charge on any atom is 0.251 e. The van der Waals surface area contributed by atoms with Crippen molar-refractivity contribution < 1.29 is 18.0 Å². The van der Waals surface area contributed by atoms with E-state index in [1.807, 2.05) is 20.8 Å². The molecule has 0 aliphatic carbocycles. The number of halogens is 2. The molecule has 2 N–H and O–H groups in total. The molecule has 0 aromatic carbocycles. The van der Waals surface area contributed by atoms with Crippen LogP contribution in [0.25, 0.3) is 17.2 Å². The molecule has 204 valence electrons. The Morgan fingerprint density at radius 2 is 1.79 bits per heavy atom. The Labute approximate surface area is 219 Å². The van der Waals surface area contributed by atoms with E-state index in [1.165, 1.54) is 4.52 Å². The van der Waals surface area contributed by atoms with Gasteiger partial charge in [-0.15, -0.1) is 5.10 Å². The second kappa shape index (κ2) is 10.5. The number of carbonyl (C=O) groups excluding carboxylic acids is 1. The van der Waals surface area contributed by atoms with Gasteiger partial charge in [0.05, 0.1) is 12.8 Å². The third-order valence-electron chi connectivity index (χ3n) is 8.46. The van der Waals surface area contributed by atoms with Gasteiger partial charge in [0.2, 0.25) is 17.7 Å². The van der Waals surface area contributed by atoms with E-state index in [4.69, 9.17) is 10.2 Å². The van der Waals surface area contributed by atoms with Gasteiger partial charge in [-0.3, -0.25) is 9.69 Å². The van der Waals surface area contributed by atoms with Crippen LogP contribution in [0.1, 0.15) is 38.5 Å². The van der Waals surface area contributed by atoms with Crippen LogP contribution >= 0.6 is 0 Å². The lowest BCUT2D eigenvalue weighted by Crippen LogP contribution is -2.49. The number of rotatable bonds is 6. The van der Waals surface area contributed by atoms with Crippen molar-refractivity contribution in [3.05, 3.63) is 24.5 Å². The Morgan fingerprint density at radius 1 is 1.05 bits per heavy atom. The van der Waals surface area contributed by atoms with E-state index in [0.717, 1.165) is 71.2 Å². The first kappa shape index (κ1) is 25.0. The topological polar surface area (TPSA) is 109 Å². The van der Waals surface area contributed by atoms with Gasteiger partial charge >= 0.3 is 0 Å². The summed E-state index contributed by atoms with van der Waals surface area (Å²) < 4.78 is 32.3. The molecular weight excluding hydrogens is 494 g/mol. The monoisotopic (exact) mass is 528 g/mol. The quantitative estimate of drug-likeness (QED) is 0.520. The van der Waals surface area contributed by atoms with Crippen LogP contribution in [0.15, 0.2) is 28.9 Å². The Balaban J connectivity index is 1.09. The molecule has 1 amide bonds. The number of piperidine rings is 2. The average molecular weight is 529 g/mol. The molecule has 6 heterocycles. The minimum Gasteiger partial charge on any atom is -0.461 e. The summed E-state index contributed by atoms with van der Waals surface area (Å²) in [6.45, 7) is 3.60. The predicted molar refractivity (Wildman–Crippen MR) is 138 cm³/mol. The van der Waals surface area contributed by atoms with E-state index >= 15 is 0 Å². The number of hydrogen-bond donors (Lipinski definition) is 1. The van der Waals surface area contributed by atoms with Crippen LogP contribution in [0.2, 0.25) is 0 Å². The SMILES string of the molecule is Nc1nc(N2CCC[C@H]2C(=O)N2CCC(C3CCN(CC(F)F)CC3)CC2)cc2nc(-c3ccco3)nn12. The standard InChI is InChI=1S/C26H34F2N8O2/c27-21(28)16-33-10-5-17(6-11-33)18-7-12-34(13-8-18)25(37)19-3-1-9-35(19)22-15-23-30-24(20-4-2-14-38-20)32-36(23)26(29)31-22/h2,4,14-15,17-19,21H,1,3,5-13,16H2,(H2,29,31)/t19-/m0/s1. The van der Waals surface area contributed by atoms with Gasteiger partial charge in [0, 0.05) is 25.7 Å². The number of likely N-dealkylation sites (tertiary alicyclic amines) is 2. The second-order valence-corrected chi connectivity index (χ2v) is 10.7. The first-order valence-electron chi connectivity index (χ1n) is 13.6. The summed E-state index contributed by atoms with van der Waals surface area (Å²) in [7, 11) is 0. The van der Waals surface area contributed by atoms with E-state index in [9.17, 15) is 13.6 Å². The first-order chi connectivity index (χ1) is 18.5. The van der Waals surface area contributed by atoms with Gasteiger partial charge in [-0.05, 0) is 75.6 Å². The third-order valence-corrected chi connectivity index (χ3v) is 8.46. The van der Waals surface area contributed by atoms with Gasteiger partial charge < -0.3 is 20.0 Å². The molecule has 12 heteroatoms. The first-order valence-corrected chi connectivity index (χ1v) is 13.6. The third kappa shape index (κ3) is 4.93. The minimum atomic E-state index is -2.26. The molecule has 3 fully saturated rings. The van der Waals surface area contributed by atoms with Crippen molar-refractivity contribution >= 4 is 23.3 Å². The molecule has 38 heavy (non-hydrogen) atoms. The minimum absolute atomic E-state index is 0.118. The molecule has 0 spiro atoms. The molecule has 0 radical (unpaired) electrons. The largest absolute Gasteiger partial charge is 0.461 e. The lowest BCUT2D eigenvalue weighted by atomic mass is 9.78. The normalized spacial score (nSPS) is 22.2. The van der Waals surface area contributed by atoms with E-state index in [1.54, 1.807) is 18.4 Å². The number of alkyl halides is 2. The van der Waals surface area contributed by atoms with Crippen LogP contribution in [0, 0.1) is 11.8 Å². The Bertz CT molecular complexity index is 1250. The summed E-state index contributed by atoms with van der Waals surface area (Å²) in [5.41, 5.74) is 6.78. The van der Waals surface area contributed by atoms with Crippen molar-refractivity contribution in [2.75, 3.05) is 49.9 Å². The van der Waals surface area contributed by atoms with Gasteiger partial charge in [-0.25, -0.2) is 13.8 Å². The summed E-state index contributed by atoms with van der Waals surface area (Å²) in [4.78, 5) is 28.7. The van der Waals surface area contributed by atoms with Crippen LogP contribution in [0.4, 0.5) is 20.5 Å². The van der Waals surface area contributed by atoms with Crippen molar-refractivity contribution in [1.29, 1.82) is 0 Å². The maximum absolute atomic E-state index is 13.6. The fraction of sp³-hybridized carbons (Fsp3) is 0.615. The Hall–Kier alpha value is -3.28. The summed E-state index contributed by atoms with van der Waals surface area (Å²) in [6.07, 6.45) is 4.88. The molecule has 6 rings (SSSR count). The molecule has 3 aliphatic heterocycles. The van der Waals surface area contributed by atoms with Crippen molar-refractivity contribution in [1.82, 2.24) is 29.4 Å². The van der Waals surface area contributed by atoms with Crippen LogP contribution in [0.5, 0.6) is 0 Å². The van der Waals surface area contributed by atoms with E-state index in [2.05, 4.69) is 15.1 Å². The maximum atomic E-state index is 13.6. The Kier molecular flexibility index (Phi) is 6.89. The van der Waals surface area contributed by atoms with Crippen molar-refractivity contribution in [2.24, 2.45) is 11.8 Å². The van der Waals surface area contributed by atoms with Crippen molar-refractivity contribution in [2.45, 2.75) is 51.0 Å². The van der Waals surface area contributed by atoms with Crippen LogP contribution in [-0.2, 0) is 4.79 Å². The van der Waals surface area contributed by atoms with E-state index in [-0.39, 0.29) is 24.4 Å². The molecule has 0 saturated carbocycles. The zero-order valence-electron chi connectivity index (χ0n) is 21.4. The molecule has 3 aliphatic rings. The average Bonchev–Trinajstić information content (AvgIpc) is 3.69. The number of carbonyl (C=O) groups is 1. The van der Waals surface area contributed by atoms with Gasteiger partial charge in [-0.1, -0.05) is 0 Å². The molecule has 0 bridgehead atoms. The van der Waals surface area contributed by atoms with E-state index < -0.39 is 6.43 Å². The van der Waals surface area contributed by atoms with Crippen molar-refractivity contribution in [3.8, 4) is 11.6 Å². The highest BCUT2D eigenvalue weighted by Gasteiger charge is 2.38. The van der Waals surface area contributed by atoms with Crippen LogP contribution < -0.4 is 10.6 Å². The van der Waals surface area contributed by atoms with Crippen molar-refractivity contribution in [3.63, 3.8) is 0 Å². The number of nitrogens with two attached hydrogens (primary N) is 1. The molecular formula is C26H34F2N8O2. The fourth-order valence-corrected chi connectivity index (χ4v) is 6.46. The van der Waals surface area contributed by atoms with Gasteiger partial charge in [0.1, 0.15) is 11.9 Å². The summed E-state index contributed by atoms with van der Waals surface area (Å²) >= 11 is 0. The van der Waals surface area contributed by atoms with Crippen LogP contribution in [0.3, 0.4) is 0 Å². The molecule has 3 aromatic heterocycles. The lowest BCUT2D eigenvalue weighted by molar-refractivity contribution is -0.134. The number of anilines is 2. The number of furan rings is 1. The predicted octanol–water partition coefficient (Wildman–Crippen LogP) is 3.15. The smallest absolute Gasteiger partial charge is 0.251 e. The highest BCUT2D eigenvalue weighted by Crippen LogP contribution is 2.34. The van der Waals surface area contributed by atoms with Gasteiger partial charge in [-0.2, -0.15) is 9.50 Å². The second-order valence-electron chi connectivity index (χ2n) is 10.7. The zero-order valence-corrected chi connectivity index (χ0v) is 21.4. The van der Waals surface area contributed by atoms with Gasteiger partial charge in [0.25, 0.3) is 6.43 Å². The number of amides is 1. The highest BCUT2D eigenvalue weighted by molar-refractivity contribution is 5.86. The van der Waals surface area contributed by atoms with Gasteiger partial charge in [0.15, 0.2) is 11.4 Å². The number of aromatic nitrogens is 4. The highest BCUT2D eigenvalue weighted by atomic mass is 19.3. The summed E-state index contributed by atoms with van der Waals surface area (Å²) in [5, 5.41) is 4.41.